The minimum absolute atomic E-state index is 0.257. The quantitative estimate of drug-likeness (QED) is 0.506. The van der Waals surface area contributed by atoms with Crippen LogP contribution in [0.3, 0.4) is 0 Å². The van der Waals surface area contributed by atoms with Crippen LogP contribution >= 0.6 is 11.6 Å². The van der Waals surface area contributed by atoms with Crippen LogP contribution in [0.1, 0.15) is 22.8 Å². The molecule has 0 spiro atoms. The van der Waals surface area contributed by atoms with Crippen LogP contribution in [0.15, 0.2) is 66.7 Å². The highest BCUT2D eigenvalue weighted by Gasteiger charge is 2.12. The van der Waals surface area contributed by atoms with Gasteiger partial charge in [0.15, 0.2) is 11.5 Å². The second-order valence-corrected chi connectivity index (χ2v) is 6.69. The van der Waals surface area contributed by atoms with Crippen LogP contribution in [0, 0.1) is 0 Å². The molecule has 0 aliphatic rings. The van der Waals surface area contributed by atoms with Crippen molar-refractivity contribution in [1.82, 2.24) is 0 Å². The third kappa shape index (κ3) is 5.42. The molecule has 0 bridgehead atoms. The maximum absolute atomic E-state index is 12.6. The number of carbonyl (C=O) groups excluding carboxylic acids is 1. The van der Waals surface area contributed by atoms with E-state index in [2.05, 4.69) is 10.6 Å². The number of methoxy groups -OCH3 is 1. The molecule has 0 atom stereocenters. The number of anilines is 2. The van der Waals surface area contributed by atoms with Crippen molar-refractivity contribution < 1.29 is 14.3 Å². The van der Waals surface area contributed by atoms with E-state index in [0.717, 1.165) is 11.3 Å². The zero-order chi connectivity index (χ0) is 20.6. The van der Waals surface area contributed by atoms with E-state index in [1.54, 1.807) is 31.4 Å². The van der Waals surface area contributed by atoms with Gasteiger partial charge in [0.25, 0.3) is 5.91 Å². The molecule has 3 aromatic rings. The fraction of sp³-hybridized carbons (Fsp3) is 0.174. The summed E-state index contributed by atoms with van der Waals surface area (Å²) in [5.74, 6) is 0.855. The highest BCUT2D eigenvalue weighted by Crippen LogP contribution is 2.29. The summed E-state index contributed by atoms with van der Waals surface area (Å²) in [5.41, 5.74) is 3.03. The summed E-state index contributed by atoms with van der Waals surface area (Å²) in [7, 11) is 1.54. The topological polar surface area (TPSA) is 59.6 Å². The van der Waals surface area contributed by atoms with Crippen LogP contribution in [-0.4, -0.2) is 19.6 Å². The van der Waals surface area contributed by atoms with E-state index in [1.165, 1.54) is 0 Å². The molecule has 0 saturated heterocycles. The Hall–Kier alpha value is -3.18. The molecule has 0 heterocycles. The number of hydrogen-bond acceptors (Lipinski definition) is 4. The van der Waals surface area contributed by atoms with Crippen LogP contribution in [0.2, 0.25) is 5.02 Å². The van der Waals surface area contributed by atoms with Gasteiger partial charge in [-0.3, -0.25) is 4.79 Å². The first-order valence-electron chi connectivity index (χ1n) is 9.30. The lowest BCUT2D eigenvalue weighted by atomic mass is 10.1. The van der Waals surface area contributed by atoms with Gasteiger partial charge in [-0.2, -0.15) is 0 Å². The van der Waals surface area contributed by atoms with Crippen molar-refractivity contribution in [3.8, 4) is 11.5 Å². The van der Waals surface area contributed by atoms with E-state index in [0.29, 0.717) is 40.9 Å². The monoisotopic (exact) mass is 410 g/mol. The van der Waals surface area contributed by atoms with Crippen LogP contribution < -0.4 is 20.1 Å². The van der Waals surface area contributed by atoms with Gasteiger partial charge in [0, 0.05) is 17.8 Å². The highest BCUT2D eigenvalue weighted by molar-refractivity contribution is 6.33. The minimum atomic E-state index is -0.257. The Labute approximate surface area is 175 Å². The summed E-state index contributed by atoms with van der Waals surface area (Å²) in [5, 5.41) is 6.69. The predicted molar refractivity (Wildman–Crippen MR) is 117 cm³/mol. The number of rotatable bonds is 8. The minimum Gasteiger partial charge on any atom is -0.493 e. The SMILES string of the molecule is CCOc1ccc(C(=O)Nc2ccc(NCc3ccccc3)c(Cl)c2)cc1OC. The summed E-state index contributed by atoms with van der Waals surface area (Å²) in [6.07, 6.45) is 0. The van der Waals surface area contributed by atoms with E-state index < -0.39 is 0 Å². The smallest absolute Gasteiger partial charge is 0.255 e. The van der Waals surface area contributed by atoms with Gasteiger partial charge in [-0.1, -0.05) is 41.9 Å². The summed E-state index contributed by atoms with van der Waals surface area (Å²) in [4.78, 5) is 12.6. The average Bonchev–Trinajstić information content (AvgIpc) is 2.74. The van der Waals surface area contributed by atoms with Crippen molar-refractivity contribution in [1.29, 1.82) is 0 Å². The maximum Gasteiger partial charge on any atom is 0.255 e. The predicted octanol–water partition coefficient (Wildman–Crippen LogP) is 5.61. The zero-order valence-corrected chi connectivity index (χ0v) is 17.1. The third-order valence-electron chi connectivity index (χ3n) is 4.28. The van der Waals surface area contributed by atoms with Crippen LogP contribution in [0.5, 0.6) is 11.5 Å². The summed E-state index contributed by atoms with van der Waals surface area (Å²) >= 11 is 6.38. The molecule has 0 unspecified atom stereocenters. The van der Waals surface area contributed by atoms with Gasteiger partial charge in [0.1, 0.15) is 0 Å². The molecule has 5 nitrogen and oxygen atoms in total. The number of halogens is 1. The van der Waals surface area contributed by atoms with Gasteiger partial charge in [0.05, 0.1) is 24.4 Å². The lowest BCUT2D eigenvalue weighted by molar-refractivity contribution is 0.102. The summed E-state index contributed by atoms with van der Waals surface area (Å²) < 4.78 is 10.8. The number of ether oxygens (including phenoxy) is 2. The van der Waals surface area contributed by atoms with E-state index in [9.17, 15) is 4.79 Å². The fourth-order valence-electron chi connectivity index (χ4n) is 2.82. The molecule has 0 aromatic heterocycles. The number of nitrogens with one attached hydrogen (secondary N) is 2. The van der Waals surface area contributed by atoms with Gasteiger partial charge in [0.2, 0.25) is 0 Å². The highest BCUT2D eigenvalue weighted by atomic mass is 35.5. The second-order valence-electron chi connectivity index (χ2n) is 6.29. The van der Waals surface area contributed by atoms with E-state index in [-0.39, 0.29) is 5.91 Å². The van der Waals surface area contributed by atoms with Crippen LogP contribution in [-0.2, 0) is 6.54 Å². The van der Waals surface area contributed by atoms with E-state index in [4.69, 9.17) is 21.1 Å². The first kappa shape index (κ1) is 20.6. The van der Waals surface area contributed by atoms with Gasteiger partial charge >= 0.3 is 0 Å². The zero-order valence-electron chi connectivity index (χ0n) is 16.4. The molecule has 0 aliphatic carbocycles. The molecule has 0 fully saturated rings. The van der Waals surface area contributed by atoms with Crippen LogP contribution in [0.4, 0.5) is 11.4 Å². The van der Waals surface area contributed by atoms with Crippen molar-refractivity contribution in [2.24, 2.45) is 0 Å². The third-order valence-corrected chi connectivity index (χ3v) is 4.59. The molecule has 0 aliphatic heterocycles. The molecule has 3 rings (SSSR count). The van der Waals surface area contributed by atoms with Crippen molar-refractivity contribution in [3.63, 3.8) is 0 Å². The van der Waals surface area contributed by atoms with Crippen LogP contribution in [0.25, 0.3) is 0 Å². The molecule has 2 N–H and O–H groups in total. The average molecular weight is 411 g/mol. The molecule has 29 heavy (non-hydrogen) atoms. The molecular weight excluding hydrogens is 388 g/mol. The Balaban J connectivity index is 1.67. The Morgan fingerprint density at radius 1 is 1.00 bits per heavy atom. The molecule has 3 aromatic carbocycles. The van der Waals surface area contributed by atoms with Crippen molar-refractivity contribution in [2.45, 2.75) is 13.5 Å². The van der Waals surface area contributed by atoms with Gasteiger partial charge < -0.3 is 20.1 Å². The number of carbonyl (C=O) groups is 1. The molecule has 6 heteroatoms. The Morgan fingerprint density at radius 2 is 1.79 bits per heavy atom. The molecule has 1 amide bonds. The number of amides is 1. The standard InChI is InChI=1S/C23H23ClN2O3/c1-3-29-21-12-9-17(13-22(21)28-2)23(27)26-18-10-11-20(19(24)14-18)25-15-16-7-5-4-6-8-16/h4-14,25H,3,15H2,1-2H3,(H,26,27). The number of benzene rings is 3. The first-order valence-corrected chi connectivity index (χ1v) is 9.68. The molecule has 150 valence electrons. The fourth-order valence-corrected chi connectivity index (χ4v) is 3.06. The van der Waals surface area contributed by atoms with Crippen molar-refractivity contribution in [3.05, 3.63) is 82.9 Å². The summed E-state index contributed by atoms with van der Waals surface area (Å²) in [6, 6.07) is 20.5. The second kappa shape index (κ2) is 9.85. The maximum atomic E-state index is 12.6. The van der Waals surface area contributed by atoms with Crippen molar-refractivity contribution >= 4 is 28.9 Å². The Kier molecular flexibility index (Phi) is 6.98. The Bertz CT molecular complexity index is 977. The van der Waals surface area contributed by atoms with E-state index >= 15 is 0 Å². The van der Waals surface area contributed by atoms with Crippen molar-refractivity contribution in [2.75, 3.05) is 24.4 Å². The number of hydrogen-bond donors (Lipinski definition) is 2. The molecule has 0 radical (unpaired) electrons. The summed E-state index contributed by atoms with van der Waals surface area (Å²) in [6.45, 7) is 3.07. The lowest BCUT2D eigenvalue weighted by Gasteiger charge is -2.13. The largest absolute Gasteiger partial charge is 0.493 e. The van der Waals surface area contributed by atoms with Gasteiger partial charge in [-0.05, 0) is 48.9 Å². The normalized spacial score (nSPS) is 10.3. The molecular formula is C23H23ClN2O3. The van der Waals surface area contributed by atoms with E-state index in [1.807, 2.05) is 49.4 Å². The van der Waals surface area contributed by atoms with Gasteiger partial charge in [-0.25, -0.2) is 0 Å². The molecule has 0 saturated carbocycles. The van der Waals surface area contributed by atoms with Gasteiger partial charge in [-0.15, -0.1) is 0 Å². The Morgan fingerprint density at radius 3 is 2.48 bits per heavy atom. The first-order chi connectivity index (χ1) is 14.1. The lowest BCUT2D eigenvalue weighted by Crippen LogP contribution is -2.12.